The van der Waals surface area contributed by atoms with Crippen LogP contribution in [0.4, 0.5) is 11.6 Å². The van der Waals surface area contributed by atoms with E-state index in [1.807, 2.05) is 18.2 Å². The van der Waals surface area contributed by atoms with Crippen LogP contribution in [0.3, 0.4) is 0 Å². The molecule has 1 aromatic heterocycles. The molecule has 0 aliphatic rings. The highest BCUT2D eigenvalue weighted by atomic mass is 15.3. The molecule has 0 aliphatic carbocycles. The molecule has 0 radical (unpaired) electrons. The molecular formula is C12H22N4. The van der Waals surface area contributed by atoms with Gasteiger partial charge in [-0.15, -0.1) is 0 Å². The van der Waals surface area contributed by atoms with Crippen LogP contribution in [0.5, 0.6) is 0 Å². The molecule has 4 heteroatoms. The topological polar surface area (TPSA) is 63.0 Å². The summed E-state index contributed by atoms with van der Waals surface area (Å²) in [5.41, 5.74) is 2.54. The van der Waals surface area contributed by atoms with E-state index in [1.165, 1.54) is 6.42 Å². The van der Waals surface area contributed by atoms with Gasteiger partial charge in [-0.3, -0.25) is 0 Å². The van der Waals surface area contributed by atoms with Crippen LogP contribution in [0.2, 0.25) is 0 Å². The Morgan fingerprint density at radius 1 is 1.19 bits per heavy atom. The van der Waals surface area contributed by atoms with Crippen LogP contribution in [0.15, 0.2) is 18.2 Å². The quantitative estimate of drug-likeness (QED) is 0.511. The van der Waals surface area contributed by atoms with Gasteiger partial charge in [0.2, 0.25) is 0 Å². The second-order valence-corrected chi connectivity index (χ2v) is 4.57. The summed E-state index contributed by atoms with van der Waals surface area (Å²) < 4.78 is 0. The van der Waals surface area contributed by atoms with Crippen LogP contribution in [0.25, 0.3) is 0 Å². The van der Waals surface area contributed by atoms with Crippen molar-refractivity contribution >= 4 is 11.6 Å². The third-order valence-electron chi connectivity index (χ3n) is 2.47. The Labute approximate surface area is 97.6 Å². The van der Waals surface area contributed by atoms with E-state index in [0.29, 0.717) is 11.9 Å². The fraction of sp³-hybridized carbons (Fsp3) is 0.583. The maximum Gasteiger partial charge on any atom is 0.142 e. The fourth-order valence-electron chi connectivity index (χ4n) is 1.50. The predicted molar refractivity (Wildman–Crippen MR) is 69.2 cm³/mol. The van der Waals surface area contributed by atoms with Crippen molar-refractivity contribution in [1.82, 2.24) is 4.98 Å². The summed E-state index contributed by atoms with van der Waals surface area (Å²) in [6, 6.07) is 6.15. The van der Waals surface area contributed by atoms with Gasteiger partial charge in [0.25, 0.3) is 0 Å². The molecule has 1 aromatic rings. The molecule has 4 N–H and O–H groups in total. The molecular weight excluding hydrogens is 200 g/mol. The van der Waals surface area contributed by atoms with Gasteiger partial charge in [0, 0.05) is 6.04 Å². The molecule has 0 saturated carbocycles. The average molecular weight is 222 g/mol. The van der Waals surface area contributed by atoms with Crippen molar-refractivity contribution in [3.05, 3.63) is 18.2 Å². The van der Waals surface area contributed by atoms with E-state index in [9.17, 15) is 0 Å². The highest BCUT2D eigenvalue weighted by Gasteiger charge is 2.04. The lowest BCUT2D eigenvalue weighted by atomic mass is 10.0. The lowest BCUT2D eigenvalue weighted by Crippen LogP contribution is -2.17. The van der Waals surface area contributed by atoms with Crippen molar-refractivity contribution in [2.75, 3.05) is 10.7 Å². The van der Waals surface area contributed by atoms with Crippen LogP contribution < -0.4 is 16.6 Å². The van der Waals surface area contributed by atoms with Gasteiger partial charge in [-0.25, -0.2) is 10.8 Å². The minimum atomic E-state index is 0.433. The Balaban J connectivity index is 2.45. The number of hydrogen-bond donors (Lipinski definition) is 3. The van der Waals surface area contributed by atoms with Crippen molar-refractivity contribution in [3.63, 3.8) is 0 Å². The van der Waals surface area contributed by atoms with Crippen LogP contribution >= 0.6 is 0 Å². The number of hydrazine groups is 1. The van der Waals surface area contributed by atoms with E-state index in [-0.39, 0.29) is 0 Å². The first-order valence-corrected chi connectivity index (χ1v) is 5.82. The second kappa shape index (κ2) is 6.33. The fourth-order valence-corrected chi connectivity index (χ4v) is 1.50. The Morgan fingerprint density at radius 3 is 2.50 bits per heavy atom. The van der Waals surface area contributed by atoms with Gasteiger partial charge in [0.05, 0.1) is 0 Å². The number of nitrogen functional groups attached to an aromatic ring is 1. The Kier molecular flexibility index (Phi) is 5.05. The monoisotopic (exact) mass is 222 g/mol. The zero-order chi connectivity index (χ0) is 12.0. The van der Waals surface area contributed by atoms with Crippen LogP contribution in [0, 0.1) is 5.92 Å². The normalized spacial score (nSPS) is 12.6. The highest BCUT2D eigenvalue weighted by molar-refractivity contribution is 5.44. The number of nitrogens with zero attached hydrogens (tertiary/aromatic N) is 1. The van der Waals surface area contributed by atoms with Crippen LogP contribution in [0.1, 0.15) is 33.6 Å². The smallest absolute Gasteiger partial charge is 0.142 e. The summed E-state index contributed by atoms with van der Waals surface area (Å²) in [4.78, 5) is 4.31. The predicted octanol–water partition coefficient (Wildman–Crippen LogP) is 2.60. The molecule has 0 spiro atoms. The molecule has 0 amide bonds. The highest BCUT2D eigenvalue weighted by Crippen LogP contribution is 2.13. The molecule has 0 aromatic carbocycles. The second-order valence-electron chi connectivity index (χ2n) is 4.57. The first kappa shape index (κ1) is 12.8. The summed E-state index contributed by atoms with van der Waals surface area (Å²) in [5.74, 6) is 7.60. The molecule has 16 heavy (non-hydrogen) atoms. The summed E-state index contributed by atoms with van der Waals surface area (Å²) in [6.45, 7) is 6.65. The number of anilines is 2. The van der Waals surface area contributed by atoms with Crippen LogP contribution in [-0.4, -0.2) is 11.0 Å². The molecule has 0 aliphatic heterocycles. The number of nitrogens with two attached hydrogens (primary N) is 1. The Bertz CT molecular complexity index is 312. The molecule has 1 atom stereocenters. The van der Waals surface area contributed by atoms with E-state index >= 15 is 0 Å². The summed E-state index contributed by atoms with van der Waals surface area (Å²) in [6.07, 6.45) is 2.38. The van der Waals surface area contributed by atoms with E-state index in [0.717, 1.165) is 18.2 Å². The van der Waals surface area contributed by atoms with Gasteiger partial charge in [-0.2, -0.15) is 0 Å². The number of aromatic nitrogens is 1. The summed E-state index contributed by atoms with van der Waals surface area (Å²) >= 11 is 0. The molecule has 4 nitrogen and oxygen atoms in total. The van der Waals surface area contributed by atoms with Crippen molar-refractivity contribution in [2.24, 2.45) is 11.8 Å². The number of nitrogens with one attached hydrogen (secondary N) is 2. The van der Waals surface area contributed by atoms with Gasteiger partial charge in [-0.05, 0) is 37.8 Å². The largest absolute Gasteiger partial charge is 0.368 e. The molecule has 1 unspecified atom stereocenters. The van der Waals surface area contributed by atoms with Gasteiger partial charge in [0.15, 0.2) is 0 Å². The van der Waals surface area contributed by atoms with Gasteiger partial charge >= 0.3 is 0 Å². The number of rotatable bonds is 6. The summed E-state index contributed by atoms with van der Waals surface area (Å²) in [5, 5.41) is 3.37. The van der Waals surface area contributed by atoms with Crippen molar-refractivity contribution in [1.29, 1.82) is 0 Å². The average Bonchev–Trinajstić information content (AvgIpc) is 2.26. The van der Waals surface area contributed by atoms with Crippen molar-refractivity contribution in [3.8, 4) is 0 Å². The van der Waals surface area contributed by atoms with Gasteiger partial charge < -0.3 is 10.7 Å². The molecule has 0 bridgehead atoms. The van der Waals surface area contributed by atoms with Crippen molar-refractivity contribution in [2.45, 2.75) is 39.7 Å². The van der Waals surface area contributed by atoms with E-state index < -0.39 is 0 Å². The number of hydrogen-bond acceptors (Lipinski definition) is 4. The maximum atomic E-state index is 5.31. The Hall–Kier alpha value is -1.29. The maximum absolute atomic E-state index is 5.31. The molecule has 1 heterocycles. The zero-order valence-electron chi connectivity index (χ0n) is 10.3. The Morgan fingerprint density at radius 2 is 1.88 bits per heavy atom. The third-order valence-corrected chi connectivity index (χ3v) is 2.47. The first-order valence-electron chi connectivity index (χ1n) is 5.82. The van der Waals surface area contributed by atoms with Crippen LogP contribution in [-0.2, 0) is 0 Å². The molecule has 90 valence electrons. The van der Waals surface area contributed by atoms with Crippen molar-refractivity contribution < 1.29 is 0 Å². The summed E-state index contributed by atoms with van der Waals surface area (Å²) in [7, 11) is 0. The van der Waals surface area contributed by atoms with Gasteiger partial charge in [-0.1, -0.05) is 19.9 Å². The molecule has 1 rings (SSSR count). The standard InChI is InChI=1S/C12H22N4/c1-9(2)7-8-10(3)14-11-5-4-6-12(15-11)16-13/h4-6,9-10H,7-8,13H2,1-3H3,(H2,14,15,16). The lowest BCUT2D eigenvalue weighted by molar-refractivity contribution is 0.527. The molecule has 0 fully saturated rings. The van der Waals surface area contributed by atoms with Gasteiger partial charge in [0.1, 0.15) is 11.6 Å². The zero-order valence-corrected chi connectivity index (χ0v) is 10.3. The van der Waals surface area contributed by atoms with E-state index in [1.54, 1.807) is 0 Å². The minimum Gasteiger partial charge on any atom is -0.368 e. The third kappa shape index (κ3) is 4.49. The minimum absolute atomic E-state index is 0.433. The SMILES string of the molecule is CC(C)CCC(C)Nc1cccc(NN)n1. The molecule has 0 saturated heterocycles. The lowest BCUT2D eigenvalue weighted by Gasteiger charge is -2.16. The first-order chi connectivity index (χ1) is 7.61. The van der Waals surface area contributed by atoms with E-state index in [2.05, 4.69) is 36.5 Å². The van der Waals surface area contributed by atoms with E-state index in [4.69, 9.17) is 5.84 Å². The number of pyridine rings is 1.